The lowest BCUT2D eigenvalue weighted by atomic mass is 10.3. The number of nitrogens with zero attached hydrogens (tertiary/aromatic N) is 2. The Morgan fingerprint density at radius 3 is 2.86 bits per heavy atom. The number of thioether (sulfide) groups is 1. The topological polar surface area (TPSA) is 65.8 Å². The molecular weight excluding hydrogens is 329 g/mol. The van der Waals surface area contributed by atoms with Crippen LogP contribution in [0.15, 0.2) is 41.6 Å². The number of benzene rings is 1. The summed E-state index contributed by atoms with van der Waals surface area (Å²) < 4.78 is 0. The summed E-state index contributed by atoms with van der Waals surface area (Å²) in [4.78, 5) is 15.9. The van der Waals surface area contributed by atoms with Gasteiger partial charge in [0.05, 0.1) is 21.4 Å². The van der Waals surface area contributed by atoms with Crippen molar-refractivity contribution in [3.63, 3.8) is 0 Å². The van der Waals surface area contributed by atoms with E-state index in [0.29, 0.717) is 26.3 Å². The highest BCUT2D eigenvalue weighted by atomic mass is 35.5. The average molecular weight is 338 g/mol. The molecule has 0 aliphatic heterocycles. The zero-order valence-electron chi connectivity index (χ0n) is 10.6. The minimum atomic E-state index is -0.215. The Balaban J connectivity index is 1.96. The zero-order chi connectivity index (χ0) is 15.2. The third-order valence-electron chi connectivity index (χ3n) is 2.43. The molecule has 1 amide bonds. The van der Waals surface area contributed by atoms with E-state index < -0.39 is 0 Å². The molecule has 1 aromatic heterocycles. The van der Waals surface area contributed by atoms with Crippen molar-refractivity contribution in [2.75, 3.05) is 11.1 Å². The van der Waals surface area contributed by atoms with Gasteiger partial charge in [-0.2, -0.15) is 5.26 Å². The van der Waals surface area contributed by atoms with Gasteiger partial charge < -0.3 is 5.32 Å². The van der Waals surface area contributed by atoms with Crippen molar-refractivity contribution < 1.29 is 4.79 Å². The number of anilines is 1. The third kappa shape index (κ3) is 4.36. The van der Waals surface area contributed by atoms with Crippen molar-refractivity contribution in [3.8, 4) is 6.07 Å². The molecule has 0 saturated carbocycles. The van der Waals surface area contributed by atoms with Crippen molar-refractivity contribution in [1.29, 1.82) is 5.26 Å². The standard InChI is InChI=1S/C14H9Cl2N3OS/c15-11-4-3-10(6-12(11)16)19-13(20)8-21-14-9(7-17)2-1-5-18-14/h1-6H,8H2,(H,19,20). The van der Waals surface area contributed by atoms with E-state index in [1.54, 1.807) is 36.5 Å². The predicted octanol–water partition coefficient (Wildman–Crippen LogP) is 3.99. The van der Waals surface area contributed by atoms with Crippen LogP contribution in [-0.4, -0.2) is 16.6 Å². The molecule has 0 bridgehead atoms. The summed E-state index contributed by atoms with van der Waals surface area (Å²) in [6.07, 6.45) is 1.58. The number of carbonyl (C=O) groups is 1. The van der Waals surface area contributed by atoms with E-state index in [9.17, 15) is 4.79 Å². The molecule has 2 aromatic rings. The molecule has 0 unspecified atom stereocenters. The van der Waals surface area contributed by atoms with Gasteiger partial charge in [-0.25, -0.2) is 4.98 Å². The minimum absolute atomic E-state index is 0.145. The van der Waals surface area contributed by atoms with Crippen LogP contribution in [-0.2, 0) is 4.79 Å². The van der Waals surface area contributed by atoms with Crippen molar-refractivity contribution in [2.24, 2.45) is 0 Å². The van der Waals surface area contributed by atoms with E-state index in [1.807, 2.05) is 6.07 Å². The largest absolute Gasteiger partial charge is 0.325 e. The number of hydrogen-bond acceptors (Lipinski definition) is 4. The highest BCUT2D eigenvalue weighted by Gasteiger charge is 2.08. The van der Waals surface area contributed by atoms with Gasteiger partial charge in [0.2, 0.25) is 5.91 Å². The molecule has 0 saturated heterocycles. The number of amides is 1. The second-order valence-corrected chi connectivity index (χ2v) is 5.71. The maximum atomic E-state index is 11.9. The van der Waals surface area contributed by atoms with Crippen LogP contribution in [0.2, 0.25) is 10.0 Å². The third-order valence-corrected chi connectivity index (χ3v) is 4.18. The Morgan fingerprint density at radius 1 is 1.33 bits per heavy atom. The van der Waals surface area contributed by atoms with E-state index in [0.717, 1.165) is 0 Å². The average Bonchev–Trinajstić information content (AvgIpc) is 2.49. The van der Waals surface area contributed by atoms with E-state index in [2.05, 4.69) is 10.3 Å². The summed E-state index contributed by atoms with van der Waals surface area (Å²) in [5.74, 6) is -0.0701. The number of nitriles is 1. The molecule has 4 nitrogen and oxygen atoms in total. The SMILES string of the molecule is N#Cc1cccnc1SCC(=O)Nc1ccc(Cl)c(Cl)c1. The number of halogens is 2. The van der Waals surface area contributed by atoms with Crippen LogP contribution in [0.25, 0.3) is 0 Å². The van der Waals surface area contributed by atoms with Crippen LogP contribution in [0.1, 0.15) is 5.56 Å². The van der Waals surface area contributed by atoms with Gasteiger partial charge in [0, 0.05) is 11.9 Å². The summed E-state index contributed by atoms with van der Waals surface area (Å²) in [5, 5.41) is 13.0. The van der Waals surface area contributed by atoms with Gasteiger partial charge >= 0.3 is 0 Å². The number of aromatic nitrogens is 1. The Kier molecular flexibility index (Phi) is 5.45. The van der Waals surface area contributed by atoms with Crippen LogP contribution in [0.3, 0.4) is 0 Å². The van der Waals surface area contributed by atoms with Crippen molar-refractivity contribution in [1.82, 2.24) is 4.98 Å². The normalized spacial score (nSPS) is 9.95. The van der Waals surface area contributed by atoms with Gasteiger partial charge in [-0.15, -0.1) is 0 Å². The molecule has 1 heterocycles. The van der Waals surface area contributed by atoms with Crippen LogP contribution in [0, 0.1) is 11.3 Å². The summed E-state index contributed by atoms with van der Waals surface area (Å²) in [5.41, 5.74) is 1.02. The predicted molar refractivity (Wildman–Crippen MR) is 84.8 cm³/mol. The maximum absolute atomic E-state index is 11.9. The lowest BCUT2D eigenvalue weighted by Gasteiger charge is -2.06. The number of carbonyl (C=O) groups excluding carboxylic acids is 1. The first-order chi connectivity index (χ1) is 10.1. The van der Waals surface area contributed by atoms with Crippen LogP contribution in [0.4, 0.5) is 5.69 Å². The first-order valence-electron chi connectivity index (χ1n) is 5.83. The van der Waals surface area contributed by atoms with Crippen molar-refractivity contribution in [3.05, 3.63) is 52.1 Å². The Hall–Kier alpha value is -1.74. The highest BCUT2D eigenvalue weighted by molar-refractivity contribution is 8.00. The number of hydrogen-bond donors (Lipinski definition) is 1. The first kappa shape index (κ1) is 15.6. The molecule has 0 aliphatic rings. The van der Waals surface area contributed by atoms with Crippen LogP contribution < -0.4 is 5.32 Å². The number of rotatable bonds is 4. The molecule has 1 N–H and O–H groups in total. The highest BCUT2D eigenvalue weighted by Crippen LogP contribution is 2.25. The minimum Gasteiger partial charge on any atom is -0.325 e. The van der Waals surface area contributed by atoms with Gasteiger partial charge in [0.1, 0.15) is 11.1 Å². The molecule has 0 radical (unpaired) electrons. The van der Waals surface area contributed by atoms with Crippen molar-refractivity contribution >= 4 is 46.6 Å². The molecule has 7 heteroatoms. The molecule has 0 spiro atoms. The summed E-state index contributed by atoms with van der Waals surface area (Å²) >= 11 is 12.9. The fraction of sp³-hybridized carbons (Fsp3) is 0.0714. The monoisotopic (exact) mass is 337 g/mol. The molecule has 1 aromatic carbocycles. The lowest BCUT2D eigenvalue weighted by molar-refractivity contribution is -0.113. The smallest absolute Gasteiger partial charge is 0.234 e. The maximum Gasteiger partial charge on any atom is 0.234 e. The fourth-order valence-electron chi connectivity index (χ4n) is 1.50. The number of pyridine rings is 1. The van der Waals surface area contributed by atoms with Gasteiger partial charge in [-0.3, -0.25) is 4.79 Å². The van der Waals surface area contributed by atoms with Gasteiger partial charge in [0.15, 0.2) is 0 Å². The molecule has 0 atom stereocenters. The second kappa shape index (κ2) is 7.32. The molecular formula is C14H9Cl2N3OS. The van der Waals surface area contributed by atoms with Crippen LogP contribution in [0.5, 0.6) is 0 Å². The number of nitrogens with one attached hydrogen (secondary N) is 1. The van der Waals surface area contributed by atoms with Gasteiger partial charge in [-0.05, 0) is 30.3 Å². The molecule has 21 heavy (non-hydrogen) atoms. The molecule has 0 aliphatic carbocycles. The van der Waals surface area contributed by atoms with Crippen molar-refractivity contribution in [2.45, 2.75) is 5.03 Å². The quantitative estimate of drug-likeness (QED) is 0.856. The van der Waals surface area contributed by atoms with E-state index in [-0.39, 0.29) is 11.7 Å². The molecule has 106 valence electrons. The van der Waals surface area contributed by atoms with Gasteiger partial charge in [-0.1, -0.05) is 35.0 Å². The van der Waals surface area contributed by atoms with E-state index in [4.69, 9.17) is 28.5 Å². The Labute approximate surface area is 136 Å². The van der Waals surface area contributed by atoms with E-state index >= 15 is 0 Å². The van der Waals surface area contributed by atoms with E-state index in [1.165, 1.54) is 11.8 Å². The first-order valence-corrected chi connectivity index (χ1v) is 7.57. The Morgan fingerprint density at radius 2 is 2.14 bits per heavy atom. The lowest BCUT2D eigenvalue weighted by Crippen LogP contribution is -2.14. The van der Waals surface area contributed by atoms with Crippen LogP contribution >= 0.6 is 35.0 Å². The molecule has 2 rings (SSSR count). The van der Waals surface area contributed by atoms with Gasteiger partial charge in [0.25, 0.3) is 0 Å². The summed E-state index contributed by atoms with van der Waals surface area (Å²) in [7, 11) is 0. The molecule has 0 fully saturated rings. The summed E-state index contributed by atoms with van der Waals surface area (Å²) in [6.45, 7) is 0. The second-order valence-electron chi connectivity index (χ2n) is 3.93. The fourth-order valence-corrected chi connectivity index (χ4v) is 2.54. The zero-order valence-corrected chi connectivity index (χ0v) is 13.0. The summed E-state index contributed by atoms with van der Waals surface area (Å²) in [6, 6.07) is 10.2. The Bertz CT molecular complexity index is 716.